The molecule has 7 rings (SSSR count). The van der Waals surface area contributed by atoms with Gasteiger partial charge in [0.1, 0.15) is 6.04 Å². The van der Waals surface area contributed by atoms with E-state index in [4.69, 9.17) is 16.3 Å². The van der Waals surface area contributed by atoms with Crippen LogP contribution in [0.15, 0.2) is 59.5 Å². The predicted octanol–water partition coefficient (Wildman–Crippen LogP) is 4.74. The van der Waals surface area contributed by atoms with E-state index >= 15 is 0 Å². The van der Waals surface area contributed by atoms with E-state index < -0.39 is 41.8 Å². The first-order valence-electron chi connectivity index (χ1n) is 13.7. The smallest absolute Gasteiger partial charge is 0.436 e. The lowest BCUT2D eigenvalue weighted by atomic mass is 9.99. The third-order valence-electron chi connectivity index (χ3n) is 8.21. The molecule has 1 fully saturated rings. The van der Waals surface area contributed by atoms with Crippen molar-refractivity contribution >= 4 is 34.9 Å². The van der Waals surface area contributed by atoms with Crippen LogP contribution in [0.3, 0.4) is 0 Å². The summed E-state index contributed by atoms with van der Waals surface area (Å²) in [5, 5.41) is 9.87. The number of hydrogen-bond donors (Lipinski definition) is 1. The first kappa shape index (κ1) is 28.0. The predicted molar refractivity (Wildman–Crippen MR) is 150 cm³/mol. The Hall–Kier alpha value is -4.78. The minimum Gasteiger partial charge on any atom is -0.456 e. The van der Waals surface area contributed by atoms with Crippen molar-refractivity contribution in [1.82, 2.24) is 19.6 Å². The van der Waals surface area contributed by atoms with Gasteiger partial charge in [0, 0.05) is 45.9 Å². The molecule has 44 heavy (non-hydrogen) atoms. The molecule has 14 heteroatoms. The van der Waals surface area contributed by atoms with Crippen molar-refractivity contribution in [3.8, 4) is 16.8 Å². The molecule has 1 N–H and O–H groups in total. The maximum absolute atomic E-state index is 13.4. The van der Waals surface area contributed by atoms with Gasteiger partial charge in [-0.05, 0) is 72.4 Å². The number of anilines is 1. The molecule has 3 aliphatic rings. The highest BCUT2D eigenvalue weighted by molar-refractivity contribution is 6.31. The van der Waals surface area contributed by atoms with Crippen LogP contribution in [-0.4, -0.2) is 43.8 Å². The van der Waals surface area contributed by atoms with Gasteiger partial charge in [0.05, 0.1) is 11.9 Å². The molecule has 0 saturated heterocycles. The monoisotopic (exact) mass is 623 g/mol. The first-order chi connectivity index (χ1) is 21.0. The Morgan fingerprint density at radius 1 is 1.07 bits per heavy atom. The van der Waals surface area contributed by atoms with Crippen molar-refractivity contribution in [2.75, 3.05) is 11.9 Å². The number of hydrogen-bond acceptors (Lipinski definition) is 7. The van der Waals surface area contributed by atoms with Gasteiger partial charge in [-0.25, -0.2) is 9.48 Å². The second-order valence-electron chi connectivity index (χ2n) is 11.0. The zero-order valence-corrected chi connectivity index (χ0v) is 23.4. The number of halogens is 4. The van der Waals surface area contributed by atoms with Gasteiger partial charge in [-0.15, -0.1) is 5.10 Å². The van der Waals surface area contributed by atoms with Gasteiger partial charge in [0.2, 0.25) is 5.91 Å². The number of fused-ring (bicyclic) bond motifs is 4. The van der Waals surface area contributed by atoms with Gasteiger partial charge in [-0.2, -0.15) is 13.2 Å². The summed E-state index contributed by atoms with van der Waals surface area (Å²) in [7, 11) is 0. The van der Waals surface area contributed by atoms with Crippen molar-refractivity contribution in [3.05, 3.63) is 92.6 Å². The number of ketones is 1. The molecule has 2 aromatic heterocycles. The summed E-state index contributed by atoms with van der Waals surface area (Å²) < 4.78 is 47.2. The minimum absolute atomic E-state index is 0.0918. The molecule has 1 saturated carbocycles. The van der Waals surface area contributed by atoms with Crippen molar-refractivity contribution in [1.29, 1.82) is 0 Å². The largest absolute Gasteiger partial charge is 0.456 e. The Bertz CT molecular complexity index is 1950. The van der Waals surface area contributed by atoms with Gasteiger partial charge in [-0.3, -0.25) is 19.0 Å². The highest BCUT2D eigenvalue weighted by Crippen LogP contribution is 2.59. The topological polar surface area (TPSA) is 125 Å². The van der Waals surface area contributed by atoms with Crippen LogP contribution in [0.4, 0.5) is 18.9 Å². The molecule has 224 valence electrons. The van der Waals surface area contributed by atoms with Crippen molar-refractivity contribution in [2.45, 2.75) is 37.4 Å². The van der Waals surface area contributed by atoms with Gasteiger partial charge in [-0.1, -0.05) is 16.8 Å². The Labute approximate surface area is 251 Å². The number of nitrogens with one attached hydrogen (secondary N) is 1. The number of aromatic nitrogens is 4. The zero-order valence-electron chi connectivity index (χ0n) is 22.6. The summed E-state index contributed by atoms with van der Waals surface area (Å²) in [4.78, 5) is 51.1. The number of carbonyl (C=O) groups is 3. The number of nitrogens with zero attached hydrogens (tertiary/aromatic N) is 4. The van der Waals surface area contributed by atoms with Crippen LogP contribution in [-0.2, 0) is 26.9 Å². The SMILES string of the molecule is O=C1CCc2cc(C(=O)COC(=O)[C@@H]3[C@H]4C[C@H]4c4cc(-c5cc(Cl)ccc5-n5cc(C(F)(F)F)nn5)cc(=O)n43)ccc2N1. The number of benzene rings is 2. The van der Waals surface area contributed by atoms with Crippen LogP contribution >= 0.6 is 11.6 Å². The van der Waals surface area contributed by atoms with Gasteiger partial charge in [0.25, 0.3) is 5.56 Å². The molecule has 3 atom stereocenters. The Kier molecular flexibility index (Phi) is 6.46. The summed E-state index contributed by atoms with van der Waals surface area (Å²) in [6.45, 7) is -0.510. The quantitative estimate of drug-likeness (QED) is 0.243. The van der Waals surface area contributed by atoms with Crippen LogP contribution in [0.2, 0.25) is 5.02 Å². The highest BCUT2D eigenvalue weighted by atomic mass is 35.5. The minimum atomic E-state index is -4.69. The number of aryl methyl sites for hydroxylation is 1. The van der Waals surface area contributed by atoms with E-state index in [1.54, 1.807) is 24.3 Å². The molecular weight excluding hydrogens is 603 g/mol. The molecule has 0 radical (unpaired) electrons. The molecule has 0 unspecified atom stereocenters. The standard InChI is InChI=1S/C30H21ClF3N5O5/c31-17-3-5-22(38-12-25(36-37-38)30(32,33)34)18(10-17)16-8-23-19-11-20(19)28(39(23)27(42)9-16)29(43)44-13-24(40)15-1-4-21-14(7-15)2-6-26(41)35-21/h1,3-5,7-10,12,19-20,28H,2,6,11,13H2,(H,35,41)/t19-,20+,28+/m1/s1. The van der Waals surface area contributed by atoms with E-state index in [0.717, 1.165) is 16.4 Å². The summed E-state index contributed by atoms with van der Waals surface area (Å²) in [5.41, 5.74) is 1.70. The molecule has 2 aromatic carbocycles. The number of pyridine rings is 1. The number of esters is 1. The van der Waals surface area contributed by atoms with E-state index in [-0.39, 0.29) is 23.4 Å². The Morgan fingerprint density at radius 2 is 1.89 bits per heavy atom. The van der Waals surface area contributed by atoms with Crippen LogP contribution < -0.4 is 10.9 Å². The zero-order chi connectivity index (χ0) is 30.9. The third kappa shape index (κ3) is 4.86. The van der Waals surface area contributed by atoms with Gasteiger partial charge >= 0.3 is 12.1 Å². The molecule has 10 nitrogen and oxygen atoms in total. The molecule has 0 spiro atoms. The molecular formula is C30H21ClF3N5O5. The van der Waals surface area contributed by atoms with Crippen molar-refractivity contribution in [3.63, 3.8) is 0 Å². The highest BCUT2D eigenvalue weighted by Gasteiger charge is 2.56. The fourth-order valence-corrected chi connectivity index (χ4v) is 6.20. The maximum Gasteiger partial charge on any atom is 0.436 e. The normalized spacial score (nSPS) is 19.9. The second kappa shape index (κ2) is 10.2. The lowest BCUT2D eigenvalue weighted by Crippen LogP contribution is -2.32. The number of carbonyl (C=O) groups excluding carboxylic acids is 3. The number of Topliss-reactive ketones (excluding diaryl/α,β-unsaturated/α-hetero) is 1. The van der Waals surface area contributed by atoms with Gasteiger partial charge < -0.3 is 10.1 Å². The summed E-state index contributed by atoms with van der Waals surface area (Å²) >= 11 is 6.22. The molecule has 4 aromatic rings. The Balaban J connectivity index is 1.13. The van der Waals surface area contributed by atoms with E-state index in [2.05, 4.69) is 15.6 Å². The molecule has 2 aliphatic heterocycles. The first-order valence-corrected chi connectivity index (χ1v) is 14.0. The number of alkyl halides is 3. The number of amides is 1. The third-order valence-corrected chi connectivity index (χ3v) is 8.45. The summed E-state index contributed by atoms with van der Waals surface area (Å²) in [6.07, 6.45) is -2.49. The van der Waals surface area contributed by atoms with Crippen molar-refractivity contribution in [2.24, 2.45) is 5.92 Å². The number of ether oxygens (including phenoxy) is 1. The lowest BCUT2D eigenvalue weighted by molar-refractivity contribution is -0.147. The van der Waals surface area contributed by atoms with E-state index in [1.165, 1.54) is 28.8 Å². The Morgan fingerprint density at radius 3 is 2.66 bits per heavy atom. The molecule has 1 aliphatic carbocycles. The molecule has 1 amide bonds. The fourth-order valence-electron chi connectivity index (χ4n) is 6.03. The van der Waals surface area contributed by atoms with Gasteiger partial charge in [0.15, 0.2) is 18.1 Å². The van der Waals surface area contributed by atoms with E-state index in [0.29, 0.717) is 52.4 Å². The maximum atomic E-state index is 13.4. The van der Waals surface area contributed by atoms with Crippen LogP contribution in [0, 0.1) is 5.92 Å². The average molecular weight is 624 g/mol. The van der Waals surface area contributed by atoms with Crippen LogP contribution in [0.1, 0.15) is 52.1 Å². The van der Waals surface area contributed by atoms with E-state index in [1.807, 2.05) is 0 Å². The van der Waals surface area contributed by atoms with Crippen LogP contribution in [0.5, 0.6) is 0 Å². The average Bonchev–Trinajstić information content (AvgIpc) is 3.45. The number of rotatable bonds is 6. The summed E-state index contributed by atoms with van der Waals surface area (Å²) in [6, 6.07) is 11.4. The molecule has 0 bridgehead atoms. The molecule has 4 heterocycles. The lowest BCUT2D eigenvalue weighted by Gasteiger charge is -2.19. The van der Waals surface area contributed by atoms with E-state index in [9.17, 15) is 32.3 Å². The fraction of sp³-hybridized carbons (Fsp3) is 0.267. The van der Waals surface area contributed by atoms with Crippen LogP contribution in [0.25, 0.3) is 16.8 Å². The second-order valence-corrected chi connectivity index (χ2v) is 11.4. The summed E-state index contributed by atoms with van der Waals surface area (Å²) in [5.74, 6) is -1.49. The van der Waals surface area contributed by atoms with Crippen molar-refractivity contribution < 1.29 is 32.3 Å².